The highest BCUT2D eigenvalue weighted by molar-refractivity contribution is 7.94. The second kappa shape index (κ2) is 4.71. The second-order valence-electron chi connectivity index (χ2n) is 4.80. The molecule has 1 aliphatic rings. The van der Waals surface area contributed by atoms with Crippen molar-refractivity contribution in [3.05, 3.63) is 28.0 Å². The van der Waals surface area contributed by atoms with Crippen molar-refractivity contribution in [2.45, 2.75) is 25.1 Å². The van der Waals surface area contributed by atoms with Gasteiger partial charge in [-0.1, -0.05) is 0 Å². The molecule has 108 valence electrons. The summed E-state index contributed by atoms with van der Waals surface area (Å²) in [6.45, 7) is 2.77. The van der Waals surface area contributed by atoms with Crippen molar-refractivity contribution >= 4 is 39.3 Å². The third-order valence-electron chi connectivity index (χ3n) is 3.05. The van der Waals surface area contributed by atoms with Crippen LogP contribution in [0.3, 0.4) is 0 Å². The maximum Gasteiger partial charge on any atom is 0.328 e. The van der Waals surface area contributed by atoms with Crippen LogP contribution in [0.15, 0.2) is 18.2 Å². The monoisotopic (exact) mass is 315 g/mol. The summed E-state index contributed by atoms with van der Waals surface area (Å²) in [4.78, 5) is 23.6. The fourth-order valence-electron chi connectivity index (χ4n) is 1.78. The van der Waals surface area contributed by atoms with E-state index in [1.165, 1.54) is 31.3 Å². The molecule has 6 nitrogen and oxygen atoms in total. The molecule has 0 aromatic carbocycles. The zero-order valence-electron chi connectivity index (χ0n) is 10.9. The molecule has 1 saturated heterocycles. The molecule has 1 aromatic rings. The molecular weight excluding hydrogens is 302 g/mol. The minimum absolute atomic E-state index is 0.00379. The van der Waals surface area contributed by atoms with Crippen molar-refractivity contribution in [1.82, 2.24) is 4.31 Å². The summed E-state index contributed by atoms with van der Waals surface area (Å²) >= 11 is 1.25. The summed E-state index contributed by atoms with van der Waals surface area (Å²) in [7, 11) is -3.59. The molecule has 2 rings (SSSR count). The van der Waals surface area contributed by atoms with Gasteiger partial charge in [0.2, 0.25) is 0 Å². The van der Waals surface area contributed by atoms with E-state index in [-0.39, 0.29) is 6.54 Å². The summed E-state index contributed by atoms with van der Waals surface area (Å²) in [5.74, 6) is -1.48. The topological polar surface area (TPSA) is 91.8 Å². The van der Waals surface area contributed by atoms with E-state index < -0.39 is 26.6 Å². The van der Waals surface area contributed by atoms with Crippen LogP contribution in [0.5, 0.6) is 0 Å². The molecular formula is C12H13NO5S2. The van der Waals surface area contributed by atoms with Gasteiger partial charge in [0.25, 0.3) is 15.9 Å². The minimum atomic E-state index is -3.59. The molecule has 1 N–H and O–H groups in total. The lowest BCUT2D eigenvalue weighted by atomic mass is 10.2. The van der Waals surface area contributed by atoms with Gasteiger partial charge in [-0.3, -0.25) is 4.79 Å². The normalized spacial score (nSPS) is 20.1. The van der Waals surface area contributed by atoms with Gasteiger partial charge < -0.3 is 5.11 Å². The highest BCUT2D eigenvalue weighted by Crippen LogP contribution is 2.36. The maximum absolute atomic E-state index is 11.9. The lowest BCUT2D eigenvalue weighted by molar-refractivity contribution is -0.133. The third-order valence-corrected chi connectivity index (χ3v) is 6.42. The number of hydrogen-bond acceptors (Lipinski definition) is 5. The van der Waals surface area contributed by atoms with Crippen molar-refractivity contribution in [1.29, 1.82) is 0 Å². The number of hydrogen-bond donors (Lipinski definition) is 1. The molecule has 0 saturated carbocycles. The summed E-state index contributed by atoms with van der Waals surface area (Å²) in [6, 6.07) is 3.36. The Morgan fingerprint density at radius 2 is 2.10 bits per heavy atom. The molecule has 0 radical (unpaired) electrons. The van der Waals surface area contributed by atoms with Gasteiger partial charge in [-0.05, 0) is 32.1 Å². The zero-order chi connectivity index (χ0) is 15.1. The van der Waals surface area contributed by atoms with Crippen molar-refractivity contribution < 1.29 is 23.1 Å². The minimum Gasteiger partial charge on any atom is -0.478 e. The largest absolute Gasteiger partial charge is 0.478 e. The van der Waals surface area contributed by atoms with Gasteiger partial charge in [0, 0.05) is 15.8 Å². The highest BCUT2D eigenvalue weighted by Gasteiger charge is 2.59. The number of carbonyl (C=O) groups excluding carboxylic acids is 1. The van der Waals surface area contributed by atoms with E-state index >= 15 is 0 Å². The lowest BCUT2D eigenvalue weighted by Gasteiger charge is -2.42. The summed E-state index contributed by atoms with van der Waals surface area (Å²) in [5.41, 5.74) is 0. The Balaban J connectivity index is 2.13. The van der Waals surface area contributed by atoms with Gasteiger partial charge >= 0.3 is 5.97 Å². The van der Waals surface area contributed by atoms with Crippen LogP contribution in [0.25, 0.3) is 6.08 Å². The standard InChI is InChI=1S/C12H13NO5S2/c1-12(2)11(16)13(20(12,17)18)7-9-4-3-8(19-9)5-6-10(14)15/h3-6H,7H2,1-2H3,(H,14,15). The molecule has 20 heavy (non-hydrogen) atoms. The maximum atomic E-state index is 11.9. The molecule has 1 amide bonds. The van der Waals surface area contributed by atoms with Gasteiger partial charge in [-0.15, -0.1) is 11.3 Å². The number of amides is 1. The number of carboxylic acid groups (broad SMARTS) is 1. The Hall–Kier alpha value is -1.67. The van der Waals surface area contributed by atoms with Crippen molar-refractivity contribution in [2.24, 2.45) is 0 Å². The molecule has 1 fully saturated rings. The van der Waals surface area contributed by atoms with E-state index in [2.05, 4.69) is 0 Å². The molecule has 0 spiro atoms. The summed E-state index contributed by atoms with van der Waals surface area (Å²) < 4.78 is 23.4. The predicted molar refractivity (Wildman–Crippen MR) is 74.5 cm³/mol. The number of aliphatic carboxylic acids is 1. The smallest absolute Gasteiger partial charge is 0.328 e. The Kier molecular flexibility index (Phi) is 3.47. The van der Waals surface area contributed by atoms with Crippen molar-refractivity contribution in [3.8, 4) is 0 Å². The van der Waals surface area contributed by atoms with Gasteiger partial charge in [-0.25, -0.2) is 17.5 Å². The highest BCUT2D eigenvalue weighted by atomic mass is 32.2. The van der Waals surface area contributed by atoms with Gasteiger partial charge in [0.05, 0.1) is 6.54 Å². The Labute approximate surface area is 120 Å². The SMILES string of the molecule is CC1(C)C(=O)N(Cc2ccc(C=CC(=O)O)s2)S1(=O)=O. The van der Waals surface area contributed by atoms with Gasteiger partial charge in [0.15, 0.2) is 4.75 Å². The lowest BCUT2D eigenvalue weighted by Crippen LogP contribution is -2.66. The first-order valence-corrected chi connectivity index (χ1v) is 7.98. The molecule has 2 heterocycles. The molecule has 0 atom stereocenters. The average Bonchev–Trinajstić information content (AvgIpc) is 2.80. The summed E-state index contributed by atoms with van der Waals surface area (Å²) in [6.07, 6.45) is 2.43. The number of thiophene rings is 1. The molecule has 0 unspecified atom stereocenters. The summed E-state index contributed by atoms with van der Waals surface area (Å²) in [5, 5.41) is 8.52. The zero-order valence-corrected chi connectivity index (χ0v) is 12.5. The number of carbonyl (C=O) groups is 2. The molecule has 8 heteroatoms. The molecule has 1 aliphatic heterocycles. The fourth-order valence-corrected chi connectivity index (χ4v) is 4.27. The van der Waals surface area contributed by atoms with Crippen molar-refractivity contribution in [3.63, 3.8) is 0 Å². The third kappa shape index (κ3) is 2.25. The van der Waals surface area contributed by atoms with Crippen LogP contribution in [0, 0.1) is 0 Å². The number of rotatable bonds is 4. The van der Waals surface area contributed by atoms with Crippen LogP contribution in [-0.4, -0.2) is 34.5 Å². The average molecular weight is 315 g/mol. The number of sulfonamides is 1. The Bertz CT molecular complexity index is 699. The van der Waals surface area contributed by atoms with E-state index in [0.717, 1.165) is 10.4 Å². The molecule has 0 aliphatic carbocycles. The molecule has 1 aromatic heterocycles. The first-order valence-electron chi connectivity index (χ1n) is 5.72. The Morgan fingerprint density at radius 1 is 1.45 bits per heavy atom. The van der Waals surface area contributed by atoms with Crippen LogP contribution in [-0.2, 0) is 26.2 Å². The van der Waals surface area contributed by atoms with Gasteiger partial charge in [0.1, 0.15) is 0 Å². The van der Waals surface area contributed by atoms with E-state index in [0.29, 0.717) is 9.75 Å². The Morgan fingerprint density at radius 3 is 2.65 bits per heavy atom. The number of nitrogens with zero attached hydrogens (tertiary/aromatic N) is 1. The second-order valence-corrected chi connectivity index (χ2v) is 8.41. The van der Waals surface area contributed by atoms with Crippen LogP contribution < -0.4 is 0 Å². The van der Waals surface area contributed by atoms with Crippen LogP contribution in [0.1, 0.15) is 23.6 Å². The van der Waals surface area contributed by atoms with E-state index in [4.69, 9.17) is 5.11 Å². The van der Waals surface area contributed by atoms with E-state index in [1.54, 1.807) is 12.1 Å². The molecule has 0 bridgehead atoms. The van der Waals surface area contributed by atoms with E-state index in [9.17, 15) is 18.0 Å². The predicted octanol–water partition coefficient (Wildman–Crippen LogP) is 1.30. The van der Waals surface area contributed by atoms with Crippen molar-refractivity contribution in [2.75, 3.05) is 0 Å². The quantitative estimate of drug-likeness (QED) is 0.845. The van der Waals surface area contributed by atoms with Gasteiger partial charge in [-0.2, -0.15) is 0 Å². The van der Waals surface area contributed by atoms with Crippen LogP contribution in [0.4, 0.5) is 0 Å². The first-order chi connectivity index (χ1) is 9.16. The number of carboxylic acids is 1. The fraction of sp³-hybridized carbons (Fsp3) is 0.333. The first kappa shape index (κ1) is 14.7. The van der Waals surface area contributed by atoms with Crippen LogP contribution >= 0.6 is 11.3 Å². The van der Waals surface area contributed by atoms with E-state index in [1.807, 2.05) is 0 Å². The van der Waals surface area contributed by atoms with Crippen LogP contribution in [0.2, 0.25) is 0 Å².